The van der Waals surface area contributed by atoms with Gasteiger partial charge in [-0.25, -0.2) is 0 Å². The fraction of sp³-hybridized carbons (Fsp3) is 0.455. The molecule has 0 saturated carbocycles. The minimum atomic E-state index is 0.533. The largest absolute Gasteiger partial charge is 0.495 e. The van der Waals surface area contributed by atoms with E-state index >= 15 is 0 Å². The van der Waals surface area contributed by atoms with E-state index in [1.807, 2.05) is 6.07 Å². The van der Waals surface area contributed by atoms with Crippen LogP contribution in [0.15, 0.2) is 12.1 Å². The number of methoxy groups -OCH3 is 1. The topological polar surface area (TPSA) is 47.3 Å². The summed E-state index contributed by atoms with van der Waals surface area (Å²) in [5.74, 6) is 0.673. The van der Waals surface area contributed by atoms with Crippen molar-refractivity contribution in [3.63, 3.8) is 0 Å². The van der Waals surface area contributed by atoms with Crippen molar-refractivity contribution in [3.05, 3.63) is 27.7 Å². The molecule has 0 amide bonds. The van der Waals surface area contributed by atoms with Gasteiger partial charge in [0.15, 0.2) is 0 Å². The number of rotatable bonds is 6. The zero-order valence-electron chi connectivity index (χ0n) is 9.22. The zero-order chi connectivity index (χ0) is 12.0. The van der Waals surface area contributed by atoms with Crippen molar-refractivity contribution >= 4 is 23.2 Å². The first-order valence-corrected chi connectivity index (χ1v) is 5.87. The van der Waals surface area contributed by atoms with E-state index in [0.717, 1.165) is 18.5 Å². The van der Waals surface area contributed by atoms with Crippen LogP contribution in [0.1, 0.15) is 12.0 Å². The maximum atomic E-state index is 6.02. The van der Waals surface area contributed by atoms with Crippen molar-refractivity contribution in [2.24, 2.45) is 5.73 Å². The molecule has 0 aromatic heterocycles. The van der Waals surface area contributed by atoms with Crippen LogP contribution in [0.2, 0.25) is 10.0 Å². The Morgan fingerprint density at radius 2 is 2.12 bits per heavy atom. The van der Waals surface area contributed by atoms with Gasteiger partial charge < -0.3 is 15.8 Å². The number of hydrogen-bond donors (Lipinski definition) is 2. The summed E-state index contributed by atoms with van der Waals surface area (Å²) in [7, 11) is 1.60. The molecule has 0 fully saturated rings. The Bertz CT molecular complexity index is 345. The molecular formula is C11H16Cl2N2O. The lowest BCUT2D eigenvalue weighted by Crippen LogP contribution is -2.18. The van der Waals surface area contributed by atoms with Gasteiger partial charge in [-0.1, -0.05) is 23.2 Å². The fourth-order valence-corrected chi connectivity index (χ4v) is 2.04. The van der Waals surface area contributed by atoms with E-state index in [9.17, 15) is 0 Å². The van der Waals surface area contributed by atoms with Crippen molar-refractivity contribution in [3.8, 4) is 5.75 Å². The molecular weight excluding hydrogens is 247 g/mol. The standard InChI is InChI=1S/C11H16Cl2N2O/c1-16-11-8(7-15-4-2-3-14)5-9(12)6-10(11)13/h5-6,15H,2-4,7,14H2,1H3. The van der Waals surface area contributed by atoms with Gasteiger partial charge in [0, 0.05) is 17.1 Å². The molecule has 0 aliphatic carbocycles. The van der Waals surface area contributed by atoms with Crippen molar-refractivity contribution in [2.75, 3.05) is 20.2 Å². The first-order valence-electron chi connectivity index (χ1n) is 5.11. The summed E-state index contributed by atoms with van der Waals surface area (Å²) in [6.45, 7) is 2.22. The fourth-order valence-electron chi connectivity index (χ4n) is 1.42. The van der Waals surface area contributed by atoms with E-state index in [1.165, 1.54) is 0 Å². The average Bonchev–Trinajstić information content (AvgIpc) is 2.24. The van der Waals surface area contributed by atoms with E-state index in [-0.39, 0.29) is 0 Å². The molecule has 0 atom stereocenters. The Morgan fingerprint density at radius 3 is 2.75 bits per heavy atom. The predicted molar refractivity (Wildman–Crippen MR) is 68.4 cm³/mol. The van der Waals surface area contributed by atoms with Gasteiger partial charge in [-0.05, 0) is 31.6 Å². The molecule has 0 aliphatic heterocycles. The number of benzene rings is 1. The van der Waals surface area contributed by atoms with Crippen LogP contribution in [0.5, 0.6) is 5.75 Å². The van der Waals surface area contributed by atoms with Crippen LogP contribution in [-0.2, 0) is 6.54 Å². The van der Waals surface area contributed by atoms with Gasteiger partial charge in [0.2, 0.25) is 0 Å². The van der Waals surface area contributed by atoms with Crippen LogP contribution in [-0.4, -0.2) is 20.2 Å². The van der Waals surface area contributed by atoms with Crippen LogP contribution in [0.4, 0.5) is 0 Å². The predicted octanol–water partition coefficient (Wildman–Crippen LogP) is 2.44. The second-order valence-electron chi connectivity index (χ2n) is 3.40. The SMILES string of the molecule is COc1c(Cl)cc(Cl)cc1CNCCCN. The van der Waals surface area contributed by atoms with Crippen molar-refractivity contribution in [1.29, 1.82) is 0 Å². The van der Waals surface area contributed by atoms with Crippen LogP contribution in [0.25, 0.3) is 0 Å². The molecule has 1 aromatic rings. The molecule has 0 radical (unpaired) electrons. The number of nitrogens with one attached hydrogen (secondary N) is 1. The van der Waals surface area contributed by atoms with E-state index < -0.39 is 0 Å². The monoisotopic (exact) mass is 262 g/mol. The van der Waals surface area contributed by atoms with Crippen molar-refractivity contribution in [1.82, 2.24) is 5.32 Å². The third-order valence-corrected chi connectivity index (χ3v) is 2.66. The molecule has 1 aromatic carbocycles. The summed E-state index contributed by atoms with van der Waals surface area (Å²) in [5, 5.41) is 4.40. The summed E-state index contributed by atoms with van der Waals surface area (Å²) in [5.41, 5.74) is 6.36. The van der Waals surface area contributed by atoms with Gasteiger partial charge in [0.1, 0.15) is 5.75 Å². The minimum absolute atomic E-state index is 0.533. The highest BCUT2D eigenvalue weighted by atomic mass is 35.5. The molecule has 3 N–H and O–H groups in total. The molecule has 0 bridgehead atoms. The van der Waals surface area contributed by atoms with Gasteiger partial charge in [-0.3, -0.25) is 0 Å². The maximum Gasteiger partial charge on any atom is 0.142 e. The Kier molecular flexibility index (Phi) is 5.91. The number of ether oxygens (including phenoxy) is 1. The van der Waals surface area contributed by atoms with E-state index in [0.29, 0.717) is 28.9 Å². The van der Waals surface area contributed by atoms with E-state index in [1.54, 1.807) is 13.2 Å². The third-order valence-electron chi connectivity index (χ3n) is 2.16. The second-order valence-corrected chi connectivity index (χ2v) is 4.24. The Labute approximate surface area is 106 Å². The lowest BCUT2D eigenvalue weighted by Gasteiger charge is -2.11. The smallest absolute Gasteiger partial charge is 0.142 e. The quantitative estimate of drug-likeness (QED) is 0.775. The Hall–Kier alpha value is -0.480. The normalized spacial score (nSPS) is 10.5. The third kappa shape index (κ3) is 3.83. The molecule has 3 nitrogen and oxygen atoms in total. The molecule has 1 rings (SSSR count). The van der Waals surface area contributed by atoms with Crippen LogP contribution in [0.3, 0.4) is 0 Å². The highest BCUT2D eigenvalue weighted by Gasteiger charge is 2.08. The minimum Gasteiger partial charge on any atom is -0.495 e. The number of halogens is 2. The van der Waals surface area contributed by atoms with Crippen LogP contribution >= 0.6 is 23.2 Å². The molecule has 5 heteroatoms. The maximum absolute atomic E-state index is 6.02. The Morgan fingerprint density at radius 1 is 1.38 bits per heavy atom. The first kappa shape index (κ1) is 13.6. The van der Waals surface area contributed by atoms with Gasteiger partial charge >= 0.3 is 0 Å². The molecule has 0 heterocycles. The van der Waals surface area contributed by atoms with Crippen molar-refractivity contribution in [2.45, 2.75) is 13.0 Å². The van der Waals surface area contributed by atoms with Gasteiger partial charge in [0.25, 0.3) is 0 Å². The molecule has 0 unspecified atom stereocenters. The summed E-state index contributed by atoms with van der Waals surface area (Å²) < 4.78 is 5.23. The number of hydrogen-bond acceptors (Lipinski definition) is 3. The highest BCUT2D eigenvalue weighted by molar-refractivity contribution is 6.35. The lowest BCUT2D eigenvalue weighted by molar-refractivity contribution is 0.408. The molecule has 0 spiro atoms. The summed E-state index contributed by atoms with van der Waals surface area (Å²) in [6, 6.07) is 3.52. The molecule has 0 saturated heterocycles. The van der Waals surface area contributed by atoms with Crippen LogP contribution in [0, 0.1) is 0 Å². The average molecular weight is 263 g/mol. The van der Waals surface area contributed by atoms with E-state index in [2.05, 4.69) is 5.32 Å². The van der Waals surface area contributed by atoms with Crippen molar-refractivity contribution < 1.29 is 4.74 Å². The summed E-state index contributed by atoms with van der Waals surface area (Å²) in [6.07, 6.45) is 0.941. The zero-order valence-corrected chi connectivity index (χ0v) is 10.7. The summed E-state index contributed by atoms with van der Waals surface area (Å²) >= 11 is 11.9. The highest BCUT2D eigenvalue weighted by Crippen LogP contribution is 2.31. The van der Waals surface area contributed by atoms with Crippen LogP contribution < -0.4 is 15.8 Å². The first-order chi connectivity index (χ1) is 7.69. The molecule has 90 valence electrons. The Balaban J connectivity index is 2.69. The molecule has 16 heavy (non-hydrogen) atoms. The second kappa shape index (κ2) is 6.97. The van der Waals surface area contributed by atoms with Gasteiger partial charge in [0.05, 0.1) is 12.1 Å². The number of nitrogens with two attached hydrogens (primary N) is 1. The summed E-state index contributed by atoms with van der Waals surface area (Å²) in [4.78, 5) is 0. The van der Waals surface area contributed by atoms with Gasteiger partial charge in [-0.15, -0.1) is 0 Å². The van der Waals surface area contributed by atoms with E-state index in [4.69, 9.17) is 33.7 Å². The van der Waals surface area contributed by atoms with Gasteiger partial charge in [-0.2, -0.15) is 0 Å². The lowest BCUT2D eigenvalue weighted by atomic mass is 10.2. The molecule has 0 aliphatic rings.